The Hall–Kier alpha value is -1.45. The summed E-state index contributed by atoms with van der Waals surface area (Å²) in [7, 11) is 1.29. The van der Waals surface area contributed by atoms with Gasteiger partial charge in [0, 0.05) is 6.42 Å². The maximum atomic E-state index is 13.2. The molecule has 0 N–H and O–H groups in total. The second kappa shape index (κ2) is 5.44. The Morgan fingerprint density at radius 2 is 2.13 bits per heavy atom. The van der Waals surface area contributed by atoms with Crippen molar-refractivity contribution in [2.75, 3.05) is 7.11 Å². The molecule has 0 aliphatic carbocycles. The van der Waals surface area contributed by atoms with Crippen molar-refractivity contribution >= 4 is 6.29 Å². The van der Waals surface area contributed by atoms with E-state index in [1.807, 2.05) is 0 Å². The highest BCUT2D eigenvalue weighted by molar-refractivity contribution is 5.49. The Kier molecular flexibility index (Phi) is 4.21. The first-order valence-corrected chi connectivity index (χ1v) is 4.65. The zero-order chi connectivity index (χ0) is 11.3. The molecule has 0 spiro atoms. The van der Waals surface area contributed by atoms with Gasteiger partial charge in [0.15, 0.2) is 11.6 Å². The molecule has 0 amide bonds. The number of carbonyl (C=O) groups is 1. The summed E-state index contributed by atoms with van der Waals surface area (Å²) >= 11 is 0. The Labute approximate surface area is 86.9 Å². The van der Waals surface area contributed by atoms with E-state index in [9.17, 15) is 13.6 Å². The molecule has 0 unspecified atom stereocenters. The fourth-order valence-corrected chi connectivity index (χ4v) is 1.37. The zero-order valence-electron chi connectivity index (χ0n) is 8.43. The minimum Gasteiger partial charge on any atom is -0.493 e. The molecule has 82 valence electrons. The summed E-state index contributed by atoms with van der Waals surface area (Å²) in [5.41, 5.74) is 0.582. The molecule has 1 aromatic carbocycles. The quantitative estimate of drug-likeness (QED) is 0.556. The van der Waals surface area contributed by atoms with Crippen LogP contribution in [-0.2, 0) is 11.2 Å². The van der Waals surface area contributed by atoms with E-state index in [1.165, 1.54) is 13.2 Å². The van der Waals surface area contributed by atoms with Gasteiger partial charge in [-0.15, -0.1) is 0 Å². The third-order valence-electron chi connectivity index (χ3n) is 2.10. The van der Waals surface area contributed by atoms with Crippen LogP contribution in [-0.4, -0.2) is 13.4 Å². The van der Waals surface area contributed by atoms with Crippen LogP contribution in [0.15, 0.2) is 12.1 Å². The number of methoxy groups -OCH3 is 1. The van der Waals surface area contributed by atoms with Crippen LogP contribution in [0.1, 0.15) is 18.4 Å². The van der Waals surface area contributed by atoms with Crippen LogP contribution in [0.3, 0.4) is 0 Å². The first-order chi connectivity index (χ1) is 7.20. The minimum absolute atomic E-state index is 0.0686. The molecular weight excluding hydrogens is 202 g/mol. The van der Waals surface area contributed by atoms with Gasteiger partial charge < -0.3 is 9.53 Å². The highest BCUT2D eigenvalue weighted by atomic mass is 19.2. The Morgan fingerprint density at radius 1 is 1.40 bits per heavy atom. The highest BCUT2D eigenvalue weighted by Crippen LogP contribution is 2.25. The summed E-state index contributed by atoms with van der Waals surface area (Å²) in [6.45, 7) is 0. The fraction of sp³-hybridized carbons (Fsp3) is 0.364. The van der Waals surface area contributed by atoms with Crippen LogP contribution < -0.4 is 4.74 Å². The largest absolute Gasteiger partial charge is 0.493 e. The predicted molar refractivity (Wildman–Crippen MR) is 51.9 cm³/mol. The van der Waals surface area contributed by atoms with E-state index in [0.717, 1.165) is 12.4 Å². The van der Waals surface area contributed by atoms with Crippen LogP contribution >= 0.6 is 0 Å². The summed E-state index contributed by atoms with van der Waals surface area (Å²) in [5.74, 6) is -1.96. The number of aryl methyl sites for hydroxylation is 1. The minimum atomic E-state index is -0.971. The van der Waals surface area contributed by atoms with Gasteiger partial charge in [-0.3, -0.25) is 0 Å². The van der Waals surface area contributed by atoms with Gasteiger partial charge in [0.05, 0.1) is 7.11 Å². The van der Waals surface area contributed by atoms with Crippen molar-refractivity contribution in [2.45, 2.75) is 19.3 Å². The summed E-state index contributed by atoms with van der Waals surface area (Å²) in [5, 5.41) is 0. The molecule has 0 aliphatic heterocycles. The van der Waals surface area contributed by atoms with Gasteiger partial charge in [0.1, 0.15) is 6.29 Å². The van der Waals surface area contributed by atoms with Crippen molar-refractivity contribution in [2.24, 2.45) is 0 Å². The first kappa shape index (κ1) is 11.6. The molecule has 0 saturated carbocycles. The fourth-order valence-electron chi connectivity index (χ4n) is 1.37. The Bertz CT molecular complexity index is 351. The van der Waals surface area contributed by atoms with E-state index < -0.39 is 11.6 Å². The lowest BCUT2D eigenvalue weighted by molar-refractivity contribution is -0.107. The molecule has 15 heavy (non-hydrogen) atoms. The molecule has 1 aromatic rings. The van der Waals surface area contributed by atoms with Crippen molar-refractivity contribution in [1.29, 1.82) is 0 Å². The van der Waals surface area contributed by atoms with Gasteiger partial charge in [-0.2, -0.15) is 4.39 Å². The number of benzene rings is 1. The number of rotatable bonds is 5. The Morgan fingerprint density at radius 3 is 2.73 bits per heavy atom. The average molecular weight is 214 g/mol. The van der Waals surface area contributed by atoms with E-state index in [1.54, 1.807) is 0 Å². The van der Waals surface area contributed by atoms with E-state index >= 15 is 0 Å². The lowest BCUT2D eigenvalue weighted by atomic mass is 10.1. The summed E-state index contributed by atoms with van der Waals surface area (Å²) < 4.78 is 30.8. The number of carbonyl (C=O) groups excluding carboxylic acids is 1. The maximum absolute atomic E-state index is 13.2. The van der Waals surface area contributed by atoms with Gasteiger partial charge in [0.25, 0.3) is 0 Å². The third kappa shape index (κ3) is 2.75. The molecule has 0 fully saturated rings. The summed E-state index contributed by atoms with van der Waals surface area (Å²) in [4.78, 5) is 10.1. The van der Waals surface area contributed by atoms with Crippen LogP contribution in [0.25, 0.3) is 0 Å². The number of hydrogen-bond acceptors (Lipinski definition) is 2. The van der Waals surface area contributed by atoms with Crippen LogP contribution in [0.4, 0.5) is 8.78 Å². The summed E-state index contributed by atoms with van der Waals surface area (Å²) in [6, 6.07) is 2.54. The molecule has 0 aliphatic rings. The molecule has 1 rings (SSSR count). The molecule has 0 bridgehead atoms. The van der Waals surface area contributed by atoms with Crippen molar-refractivity contribution in [3.63, 3.8) is 0 Å². The number of halogens is 2. The first-order valence-electron chi connectivity index (χ1n) is 4.65. The SMILES string of the molecule is COc1c(CCCC=O)ccc(F)c1F. The van der Waals surface area contributed by atoms with E-state index in [4.69, 9.17) is 4.74 Å². The maximum Gasteiger partial charge on any atom is 0.200 e. The van der Waals surface area contributed by atoms with Crippen molar-refractivity contribution in [3.05, 3.63) is 29.3 Å². The lowest BCUT2D eigenvalue weighted by Gasteiger charge is -2.08. The molecule has 0 saturated heterocycles. The number of ether oxygens (including phenoxy) is 1. The molecule has 0 aromatic heterocycles. The third-order valence-corrected chi connectivity index (χ3v) is 2.10. The number of hydrogen-bond donors (Lipinski definition) is 0. The number of unbranched alkanes of at least 4 members (excludes halogenated alkanes) is 1. The average Bonchev–Trinajstić information content (AvgIpc) is 2.24. The van der Waals surface area contributed by atoms with Crippen molar-refractivity contribution in [3.8, 4) is 5.75 Å². The van der Waals surface area contributed by atoms with Crippen molar-refractivity contribution in [1.82, 2.24) is 0 Å². The molecular formula is C11H12F2O2. The second-order valence-electron chi connectivity index (χ2n) is 3.11. The van der Waals surface area contributed by atoms with Crippen molar-refractivity contribution < 1.29 is 18.3 Å². The predicted octanol–water partition coefficient (Wildman–Crippen LogP) is 2.50. The molecule has 0 heterocycles. The highest BCUT2D eigenvalue weighted by Gasteiger charge is 2.13. The normalized spacial score (nSPS) is 10.1. The van der Waals surface area contributed by atoms with Gasteiger partial charge in [-0.1, -0.05) is 6.07 Å². The van der Waals surface area contributed by atoms with Crippen LogP contribution in [0, 0.1) is 11.6 Å². The zero-order valence-corrected chi connectivity index (χ0v) is 8.43. The molecule has 0 atom stereocenters. The van der Waals surface area contributed by atoms with Crippen LogP contribution in [0.2, 0.25) is 0 Å². The second-order valence-corrected chi connectivity index (χ2v) is 3.11. The summed E-state index contributed by atoms with van der Waals surface area (Å²) in [6.07, 6.45) is 2.30. The Balaban J connectivity index is 2.87. The topological polar surface area (TPSA) is 26.3 Å². The van der Waals surface area contributed by atoms with Crippen LogP contribution in [0.5, 0.6) is 5.75 Å². The number of aldehydes is 1. The smallest absolute Gasteiger partial charge is 0.200 e. The van der Waals surface area contributed by atoms with Gasteiger partial charge in [0.2, 0.25) is 5.82 Å². The van der Waals surface area contributed by atoms with E-state index in [2.05, 4.69) is 0 Å². The molecule has 0 radical (unpaired) electrons. The van der Waals surface area contributed by atoms with E-state index in [-0.39, 0.29) is 5.75 Å². The van der Waals surface area contributed by atoms with Gasteiger partial charge >= 0.3 is 0 Å². The monoisotopic (exact) mass is 214 g/mol. The van der Waals surface area contributed by atoms with Gasteiger partial charge in [-0.25, -0.2) is 4.39 Å². The lowest BCUT2D eigenvalue weighted by Crippen LogP contribution is -1.98. The van der Waals surface area contributed by atoms with E-state index in [0.29, 0.717) is 24.8 Å². The standard InChI is InChI=1S/C11H12F2O2/c1-15-11-8(4-2-3-7-14)5-6-9(12)10(11)13/h5-7H,2-4H2,1H3. The van der Waals surface area contributed by atoms with Gasteiger partial charge in [-0.05, 0) is 24.5 Å². The molecule has 4 heteroatoms. The molecule has 2 nitrogen and oxygen atoms in total.